The highest BCUT2D eigenvalue weighted by Gasteiger charge is 2.19. The van der Waals surface area contributed by atoms with Gasteiger partial charge in [0.25, 0.3) is 5.22 Å². The summed E-state index contributed by atoms with van der Waals surface area (Å²) in [4.78, 5) is 16.6. The fourth-order valence-electron chi connectivity index (χ4n) is 2.32. The number of thioether (sulfide) groups is 1. The molecule has 2 heterocycles. The smallest absolute Gasteiger partial charge is 0.256 e. The van der Waals surface area contributed by atoms with E-state index < -0.39 is 5.25 Å². The standard InChI is InChI=1S/C18H19FN4O2S/c1-11(2)23-16(8-9-21-23)22-17(24)12(3)26-18-20-10-15(25-18)13-4-6-14(19)7-5-13/h4-12H,1-3H3,(H,22,24). The van der Waals surface area contributed by atoms with Gasteiger partial charge in [0, 0.05) is 17.7 Å². The van der Waals surface area contributed by atoms with E-state index in [4.69, 9.17) is 4.42 Å². The number of hydrogen-bond donors (Lipinski definition) is 1. The van der Waals surface area contributed by atoms with Crippen molar-refractivity contribution < 1.29 is 13.6 Å². The molecule has 136 valence electrons. The molecule has 1 N–H and O–H groups in total. The SMILES string of the molecule is CC(Sc1ncc(-c2ccc(F)cc2)o1)C(=O)Nc1ccnn1C(C)C. The molecule has 0 fully saturated rings. The maximum Gasteiger partial charge on any atom is 0.256 e. The second-order valence-electron chi connectivity index (χ2n) is 6.00. The minimum atomic E-state index is -0.412. The summed E-state index contributed by atoms with van der Waals surface area (Å²) in [7, 11) is 0. The Labute approximate surface area is 154 Å². The van der Waals surface area contributed by atoms with E-state index in [-0.39, 0.29) is 17.8 Å². The van der Waals surface area contributed by atoms with Gasteiger partial charge in [-0.25, -0.2) is 14.1 Å². The predicted molar refractivity (Wildman–Crippen MR) is 98.5 cm³/mol. The van der Waals surface area contributed by atoms with Crippen molar-refractivity contribution >= 4 is 23.5 Å². The largest absolute Gasteiger partial charge is 0.431 e. The normalized spacial score (nSPS) is 12.3. The van der Waals surface area contributed by atoms with Crippen LogP contribution in [0.15, 0.2) is 52.4 Å². The molecule has 26 heavy (non-hydrogen) atoms. The van der Waals surface area contributed by atoms with E-state index in [1.807, 2.05) is 13.8 Å². The van der Waals surface area contributed by atoms with E-state index >= 15 is 0 Å². The quantitative estimate of drug-likeness (QED) is 0.648. The number of anilines is 1. The second-order valence-corrected chi connectivity index (χ2v) is 7.29. The number of carbonyl (C=O) groups is 1. The van der Waals surface area contributed by atoms with E-state index in [0.29, 0.717) is 16.8 Å². The van der Waals surface area contributed by atoms with Gasteiger partial charge < -0.3 is 9.73 Å². The molecule has 2 aromatic heterocycles. The molecule has 0 aliphatic rings. The first-order valence-electron chi connectivity index (χ1n) is 8.17. The van der Waals surface area contributed by atoms with Crippen LogP contribution >= 0.6 is 11.8 Å². The Hall–Kier alpha value is -2.61. The van der Waals surface area contributed by atoms with Gasteiger partial charge in [-0.1, -0.05) is 11.8 Å². The van der Waals surface area contributed by atoms with Crippen LogP contribution in [0.25, 0.3) is 11.3 Å². The molecule has 1 aromatic carbocycles. The van der Waals surface area contributed by atoms with Crippen LogP contribution in [0, 0.1) is 5.82 Å². The van der Waals surface area contributed by atoms with Crippen molar-refractivity contribution in [2.45, 2.75) is 37.3 Å². The maximum atomic E-state index is 13.0. The van der Waals surface area contributed by atoms with Crippen molar-refractivity contribution in [2.75, 3.05) is 5.32 Å². The monoisotopic (exact) mass is 374 g/mol. The number of amides is 1. The lowest BCUT2D eigenvalue weighted by Crippen LogP contribution is -2.24. The first-order chi connectivity index (χ1) is 12.4. The summed E-state index contributed by atoms with van der Waals surface area (Å²) in [5, 5.41) is 7.03. The van der Waals surface area contributed by atoms with Gasteiger partial charge in [0.2, 0.25) is 5.91 Å². The van der Waals surface area contributed by atoms with E-state index in [1.54, 1.807) is 42.2 Å². The molecule has 0 aliphatic carbocycles. The highest BCUT2D eigenvalue weighted by molar-refractivity contribution is 8.00. The summed E-state index contributed by atoms with van der Waals surface area (Å²) in [6.07, 6.45) is 3.21. The van der Waals surface area contributed by atoms with Gasteiger partial charge in [-0.15, -0.1) is 0 Å². The van der Waals surface area contributed by atoms with Gasteiger partial charge in [0.15, 0.2) is 5.76 Å². The van der Waals surface area contributed by atoms with Gasteiger partial charge >= 0.3 is 0 Å². The summed E-state index contributed by atoms with van der Waals surface area (Å²) < 4.78 is 20.4. The molecule has 3 aromatic rings. The summed E-state index contributed by atoms with van der Waals surface area (Å²) in [6.45, 7) is 5.76. The average Bonchev–Trinajstić information content (AvgIpc) is 3.25. The third kappa shape index (κ3) is 4.13. The number of hydrogen-bond acceptors (Lipinski definition) is 5. The molecule has 0 radical (unpaired) electrons. The third-order valence-corrected chi connectivity index (χ3v) is 4.63. The molecule has 1 unspecified atom stereocenters. The van der Waals surface area contributed by atoms with Crippen molar-refractivity contribution in [3.63, 3.8) is 0 Å². The minimum Gasteiger partial charge on any atom is -0.431 e. The Kier molecular flexibility index (Phi) is 5.41. The average molecular weight is 374 g/mol. The molecular weight excluding hydrogens is 355 g/mol. The fourth-order valence-corrected chi connectivity index (χ4v) is 3.04. The molecule has 0 spiro atoms. The van der Waals surface area contributed by atoms with Gasteiger partial charge in [-0.3, -0.25) is 4.79 Å². The van der Waals surface area contributed by atoms with E-state index in [1.165, 1.54) is 23.9 Å². The van der Waals surface area contributed by atoms with E-state index in [9.17, 15) is 9.18 Å². The molecule has 1 amide bonds. The van der Waals surface area contributed by atoms with Crippen LogP contribution in [0.2, 0.25) is 0 Å². The molecule has 1 atom stereocenters. The van der Waals surface area contributed by atoms with Crippen molar-refractivity contribution in [3.8, 4) is 11.3 Å². The summed E-state index contributed by atoms with van der Waals surface area (Å²) in [5.41, 5.74) is 0.726. The Morgan fingerprint density at radius 1 is 1.23 bits per heavy atom. The van der Waals surface area contributed by atoms with E-state index in [2.05, 4.69) is 15.4 Å². The van der Waals surface area contributed by atoms with Crippen LogP contribution in [0.5, 0.6) is 0 Å². The Morgan fingerprint density at radius 2 is 1.96 bits per heavy atom. The van der Waals surface area contributed by atoms with Crippen LogP contribution in [-0.2, 0) is 4.79 Å². The third-order valence-electron chi connectivity index (χ3n) is 3.67. The molecule has 0 bridgehead atoms. The molecule has 6 nitrogen and oxygen atoms in total. The summed E-state index contributed by atoms with van der Waals surface area (Å²) >= 11 is 1.21. The predicted octanol–water partition coefficient (Wildman–Crippen LogP) is 4.38. The number of oxazole rings is 1. The van der Waals surface area contributed by atoms with Gasteiger partial charge in [-0.05, 0) is 45.0 Å². The molecule has 3 rings (SSSR count). The van der Waals surface area contributed by atoms with Crippen molar-refractivity contribution in [3.05, 3.63) is 48.5 Å². The fraction of sp³-hybridized carbons (Fsp3) is 0.278. The summed E-state index contributed by atoms with van der Waals surface area (Å²) in [6, 6.07) is 7.86. The number of benzene rings is 1. The van der Waals surface area contributed by atoms with Gasteiger partial charge in [0.1, 0.15) is 11.6 Å². The highest BCUT2D eigenvalue weighted by Crippen LogP contribution is 2.28. The molecule has 0 saturated heterocycles. The minimum absolute atomic E-state index is 0.147. The topological polar surface area (TPSA) is 73.0 Å². The zero-order valence-electron chi connectivity index (χ0n) is 14.6. The zero-order chi connectivity index (χ0) is 18.7. The lowest BCUT2D eigenvalue weighted by atomic mass is 10.2. The second kappa shape index (κ2) is 7.74. The number of halogens is 1. The number of aromatic nitrogens is 3. The maximum absolute atomic E-state index is 13.0. The van der Waals surface area contributed by atoms with Crippen LogP contribution in [-0.4, -0.2) is 25.9 Å². The molecular formula is C18H19FN4O2S. The van der Waals surface area contributed by atoms with Crippen LogP contribution in [0.1, 0.15) is 26.8 Å². The van der Waals surface area contributed by atoms with Crippen molar-refractivity contribution in [2.24, 2.45) is 0 Å². The van der Waals surface area contributed by atoms with Crippen LogP contribution in [0.4, 0.5) is 10.2 Å². The van der Waals surface area contributed by atoms with Crippen molar-refractivity contribution in [1.29, 1.82) is 0 Å². The number of nitrogens with one attached hydrogen (secondary N) is 1. The lowest BCUT2D eigenvalue weighted by molar-refractivity contribution is -0.115. The highest BCUT2D eigenvalue weighted by atomic mass is 32.2. The van der Waals surface area contributed by atoms with Gasteiger partial charge in [0.05, 0.1) is 17.6 Å². The number of nitrogens with zero attached hydrogens (tertiary/aromatic N) is 3. The summed E-state index contributed by atoms with van der Waals surface area (Å²) in [5.74, 6) is 0.697. The van der Waals surface area contributed by atoms with Gasteiger partial charge in [-0.2, -0.15) is 5.10 Å². The Bertz CT molecular complexity index is 889. The van der Waals surface area contributed by atoms with E-state index in [0.717, 1.165) is 5.56 Å². The van der Waals surface area contributed by atoms with Crippen LogP contribution < -0.4 is 5.32 Å². The number of rotatable bonds is 6. The Balaban J connectivity index is 1.64. The zero-order valence-corrected chi connectivity index (χ0v) is 15.5. The molecule has 8 heteroatoms. The molecule has 0 saturated carbocycles. The van der Waals surface area contributed by atoms with Crippen molar-refractivity contribution in [1.82, 2.24) is 14.8 Å². The first kappa shape index (κ1) is 18.2. The first-order valence-corrected chi connectivity index (χ1v) is 9.05. The Morgan fingerprint density at radius 3 is 2.65 bits per heavy atom. The number of carbonyl (C=O) groups excluding carboxylic acids is 1. The van der Waals surface area contributed by atoms with Crippen LogP contribution in [0.3, 0.4) is 0 Å². The lowest BCUT2D eigenvalue weighted by Gasteiger charge is -2.13. The molecule has 0 aliphatic heterocycles.